The van der Waals surface area contributed by atoms with Gasteiger partial charge >= 0.3 is 5.69 Å². The average molecular weight is 439 g/mol. The van der Waals surface area contributed by atoms with Crippen LogP contribution in [0.25, 0.3) is 0 Å². The molecule has 160 valence electrons. The predicted molar refractivity (Wildman–Crippen MR) is 124 cm³/mol. The van der Waals surface area contributed by atoms with Gasteiger partial charge in [-0.3, -0.25) is 10.1 Å². The second kappa shape index (κ2) is 9.18. The van der Waals surface area contributed by atoms with Crippen molar-refractivity contribution in [1.29, 1.82) is 0 Å². The fraction of sp³-hybridized carbons (Fsp3) is 0.273. The van der Waals surface area contributed by atoms with E-state index < -0.39 is 4.92 Å². The van der Waals surface area contributed by atoms with Gasteiger partial charge in [0, 0.05) is 42.6 Å². The summed E-state index contributed by atoms with van der Waals surface area (Å²) in [6.07, 6.45) is 2.18. The van der Waals surface area contributed by atoms with Gasteiger partial charge in [-0.25, -0.2) is 9.97 Å². The zero-order valence-corrected chi connectivity index (χ0v) is 17.9. The molecule has 1 aliphatic rings. The van der Waals surface area contributed by atoms with Crippen molar-refractivity contribution in [2.24, 2.45) is 0 Å². The molecule has 1 aromatic heterocycles. The van der Waals surface area contributed by atoms with Crippen LogP contribution in [0, 0.1) is 10.1 Å². The van der Waals surface area contributed by atoms with E-state index in [1.807, 2.05) is 60.4 Å². The number of nitrogens with zero attached hydrogens (tertiary/aromatic N) is 5. The minimum atomic E-state index is -0.407. The van der Waals surface area contributed by atoms with E-state index in [2.05, 4.69) is 20.2 Å². The summed E-state index contributed by atoms with van der Waals surface area (Å²) in [5.41, 5.74) is 2.81. The maximum absolute atomic E-state index is 12.0. The lowest BCUT2D eigenvalue weighted by Crippen LogP contribution is -2.47. The van der Waals surface area contributed by atoms with E-state index in [0.29, 0.717) is 37.0 Å². The van der Waals surface area contributed by atoms with Gasteiger partial charge in [-0.05, 0) is 36.2 Å². The number of anilines is 4. The number of aromatic nitrogens is 2. The summed E-state index contributed by atoms with van der Waals surface area (Å²) >= 11 is 6.11. The van der Waals surface area contributed by atoms with Crippen molar-refractivity contribution in [2.75, 3.05) is 41.3 Å². The Balaban J connectivity index is 1.58. The highest BCUT2D eigenvalue weighted by Gasteiger charge is 2.29. The summed E-state index contributed by atoms with van der Waals surface area (Å²) in [5, 5.41) is 15.8. The Bertz CT molecular complexity index is 1090. The first kappa shape index (κ1) is 20.9. The maximum Gasteiger partial charge on any atom is 0.353 e. The number of halogens is 1. The van der Waals surface area contributed by atoms with Gasteiger partial charge in [0.25, 0.3) is 0 Å². The summed E-state index contributed by atoms with van der Waals surface area (Å²) in [7, 11) is 0. The molecule has 0 spiro atoms. The summed E-state index contributed by atoms with van der Waals surface area (Å²) in [6.45, 7) is 4.68. The smallest absolute Gasteiger partial charge is 0.353 e. The van der Waals surface area contributed by atoms with Gasteiger partial charge in [-0.15, -0.1) is 0 Å². The van der Waals surface area contributed by atoms with Crippen LogP contribution in [0.15, 0.2) is 54.9 Å². The van der Waals surface area contributed by atoms with Gasteiger partial charge in [0.1, 0.15) is 6.33 Å². The molecule has 1 saturated heterocycles. The van der Waals surface area contributed by atoms with Crippen LogP contribution in [-0.2, 0) is 6.42 Å². The zero-order valence-electron chi connectivity index (χ0n) is 17.2. The number of piperazine rings is 1. The van der Waals surface area contributed by atoms with Gasteiger partial charge in [0.05, 0.1) is 4.92 Å². The molecule has 4 rings (SSSR count). The molecule has 0 atom stereocenters. The van der Waals surface area contributed by atoms with Crippen molar-refractivity contribution in [2.45, 2.75) is 13.3 Å². The van der Waals surface area contributed by atoms with E-state index in [1.165, 1.54) is 6.33 Å². The summed E-state index contributed by atoms with van der Waals surface area (Å²) < 4.78 is 0. The van der Waals surface area contributed by atoms with Gasteiger partial charge in [-0.2, -0.15) is 0 Å². The first-order valence-corrected chi connectivity index (χ1v) is 10.5. The Hall–Kier alpha value is -3.39. The van der Waals surface area contributed by atoms with E-state index in [4.69, 9.17) is 11.6 Å². The molecule has 1 fully saturated rings. The number of rotatable bonds is 6. The number of nitro groups is 1. The van der Waals surface area contributed by atoms with Gasteiger partial charge in [0.15, 0.2) is 0 Å². The van der Waals surface area contributed by atoms with Gasteiger partial charge < -0.3 is 15.1 Å². The highest BCUT2D eigenvalue weighted by Crippen LogP contribution is 2.35. The Morgan fingerprint density at radius 1 is 1.06 bits per heavy atom. The third-order valence-electron chi connectivity index (χ3n) is 5.39. The van der Waals surface area contributed by atoms with Crippen molar-refractivity contribution < 1.29 is 4.92 Å². The molecule has 0 bridgehead atoms. The summed E-state index contributed by atoms with van der Waals surface area (Å²) in [4.78, 5) is 24.2. The zero-order chi connectivity index (χ0) is 21.8. The third kappa shape index (κ3) is 4.54. The molecular weight excluding hydrogens is 416 g/mol. The second-order valence-electron chi connectivity index (χ2n) is 7.24. The minimum absolute atomic E-state index is 0.107. The largest absolute Gasteiger partial charge is 0.368 e. The van der Waals surface area contributed by atoms with E-state index in [-0.39, 0.29) is 11.5 Å². The van der Waals surface area contributed by atoms with E-state index in [9.17, 15) is 10.1 Å². The fourth-order valence-electron chi connectivity index (χ4n) is 3.79. The molecule has 2 heterocycles. The quantitative estimate of drug-likeness (QED) is 0.442. The molecule has 8 nitrogen and oxygen atoms in total. The van der Waals surface area contributed by atoms with Crippen molar-refractivity contribution >= 4 is 40.3 Å². The van der Waals surface area contributed by atoms with Crippen LogP contribution in [-0.4, -0.2) is 41.1 Å². The topological polar surface area (TPSA) is 87.4 Å². The molecule has 0 amide bonds. The lowest BCUT2D eigenvalue weighted by atomic mass is 10.1. The van der Waals surface area contributed by atoms with Crippen molar-refractivity contribution in [3.05, 3.63) is 75.6 Å². The normalized spacial score (nSPS) is 13.9. The number of aryl methyl sites for hydroxylation is 1. The molecule has 3 aromatic rings. The fourth-order valence-corrected chi connectivity index (χ4v) is 3.97. The molecule has 1 N–H and O–H groups in total. The Morgan fingerprint density at radius 3 is 2.52 bits per heavy atom. The standard InChI is InChI=1S/C22H23ClN6O2/c1-2-16-6-3-4-9-19(16)26-21-20(29(30)31)22(25-15-24-21)28-12-10-27(11-13-28)18-8-5-7-17(23)14-18/h3-9,14-15H,2,10-13H2,1H3,(H,24,25,26). The molecule has 0 aliphatic carbocycles. The average Bonchev–Trinajstić information content (AvgIpc) is 2.79. The van der Waals surface area contributed by atoms with Gasteiger partial charge in [0.2, 0.25) is 11.6 Å². The van der Waals surface area contributed by atoms with Crippen LogP contribution >= 0.6 is 11.6 Å². The molecule has 9 heteroatoms. The number of benzene rings is 2. The number of hydrogen-bond acceptors (Lipinski definition) is 7. The van der Waals surface area contributed by atoms with Crippen molar-refractivity contribution in [3.63, 3.8) is 0 Å². The first-order valence-electron chi connectivity index (χ1n) is 10.2. The highest BCUT2D eigenvalue weighted by atomic mass is 35.5. The number of hydrogen-bond donors (Lipinski definition) is 1. The maximum atomic E-state index is 12.0. The molecule has 31 heavy (non-hydrogen) atoms. The number of nitrogens with one attached hydrogen (secondary N) is 1. The molecule has 2 aromatic carbocycles. The highest BCUT2D eigenvalue weighted by molar-refractivity contribution is 6.30. The molecule has 1 aliphatic heterocycles. The lowest BCUT2D eigenvalue weighted by molar-refractivity contribution is -0.383. The summed E-state index contributed by atoms with van der Waals surface area (Å²) in [6, 6.07) is 15.4. The Kier molecular flexibility index (Phi) is 6.18. The monoisotopic (exact) mass is 438 g/mol. The van der Waals surface area contributed by atoms with Crippen molar-refractivity contribution in [3.8, 4) is 0 Å². The number of para-hydroxylation sites is 1. The SMILES string of the molecule is CCc1ccccc1Nc1ncnc(N2CCN(c3cccc(Cl)c3)CC2)c1[N+](=O)[O-]. The van der Waals surface area contributed by atoms with E-state index >= 15 is 0 Å². The van der Waals surface area contributed by atoms with E-state index in [1.54, 1.807) is 0 Å². The Labute approximate surface area is 185 Å². The third-order valence-corrected chi connectivity index (χ3v) is 5.62. The predicted octanol–water partition coefficient (Wildman–Crippen LogP) is 4.67. The van der Waals surface area contributed by atoms with E-state index in [0.717, 1.165) is 23.4 Å². The molecule has 0 unspecified atom stereocenters. The van der Waals surface area contributed by atoms with Crippen LogP contribution in [0.4, 0.5) is 28.7 Å². The summed E-state index contributed by atoms with van der Waals surface area (Å²) in [5.74, 6) is 0.537. The van der Waals surface area contributed by atoms with Crippen LogP contribution in [0.2, 0.25) is 5.02 Å². The van der Waals surface area contributed by atoms with Crippen LogP contribution in [0.1, 0.15) is 12.5 Å². The molecule has 0 saturated carbocycles. The van der Waals surface area contributed by atoms with Crippen LogP contribution in [0.3, 0.4) is 0 Å². The van der Waals surface area contributed by atoms with Crippen LogP contribution < -0.4 is 15.1 Å². The molecular formula is C22H23ClN6O2. The second-order valence-corrected chi connectivity index (χ2v) is 7.68. The first-order chi connectivity index (χ1) is 15.1. The van der Waals surface area contributed by atoms with Crippen molar-refractivity contribution in [1.82, 2.24) is 9.97 Å². The Morgan fingerprint density at radius 2 is 1.81 bits per heavy atom. The lowest BCUT2D eigenvalue weighted by Gasteiger charge is -2.36. The molecule has 0 radical (unpaired) electrons. The van der Waals surface area contributed by atoms with Crippen LogP contribution in [0.5, 0.6) is 0 Å². The van der Waals surface area contributed by atoms with Gasteiger partial charge in [-0.1, -0.05) is 42.8 Å². The minimum Gasteiger partial charge on any atom is -0.368 e.